The molecule has 14 heavy (non-hydrogen) atoms. The van der Waals surface area contributed by atoms with Crippen molar-refractivity contribution >= 4 is 47.0 Å². The van der Waals surface area contributed by atoms with Crippen molar-refractivity contribution < 1.29 is 9.90 Å². The zero-order chi connectivity index (χ0) is 11.1. The number of hydrazone groups is 1. The maximum absolute atomic E-state index is 10.9. The smallest absolute Gasteiger partial charge is 0.338 e. The number of rotatable bonds is 0. The highest BCUT2D eigenvalue weighted by atomic mass is 35.6. The van der Waals surface area contributed by atoms with E-state index < -0.39 is 21.5 Å². The van der Waals surface area contributed by atoms with Crippen LogP contribution < -0.4 is 5.73 Å². The molecule has 0 aliphatic carbocycles. The maximum Gasteiger partial charge on any atom is 0.338 e. The van der Waals surface area contributed by atoms with E-state index in [1.807, 2.05) is 0 Å². The third-order valence-corrected chi connectivity index (χ3v) is 2.82. The molecule has 2 unspecified atom stereocenters. The topological polar surface area (TPSA) is 78.9 Å². The van der Waals surface area contributed by atoms with E-state index in [0.29, 0.717) is 5.01 Å². The summed E-state index contributed by atoms with van der Waals surface area (Å²) in [5, 5.41) is 14.2. The summed E-state index contributed by atoms with van der Waals surface area (Å²) in [6, 6.07) is -0.987. The number of carbonyl (C=O) groups excluding carboxylic acids is 1. The normalized spacial score (nSPS) is 32.4. The molecule has 0 spiro atoms. The second-order valence-electron chi connectivity index (χ2n) is 2.93. The van der Waals surface area contributed by atoms with E-state index in [0.717, 1.165) is 0 Å². The predicted molar refractivity (Wildman–Crippen MR) is 54.3 cm³/mol. The third-order valence-electron chi connectivity index (χ3n) is 1.99. The van der Waals surface area contributed by atoms with Gasteiger partial charge in [0.15, 0.2) is 0 Å². The molecule has 5 nitrogen and oxygen atoms in total. The number of hydrogen-bond donors (Lipinski definition) is 2. The van der Waals surface area contributed by atoms with E-state index in [4.69, 9.17) is 40.5 Å². The Morgan fingerprint density at radius 1 is 1.71 bits per heavy atom. The third kappa shape index (κ3) is 1.54. The number of nitrogens with zero attached hydrogens (tertiary/aromatic N) is 2. The number of amides is 2. The lowest BCUT2D eigenvalue weighted by Crippen LogP contribution is -2.59. The van der Waals surface area contributed by atoms with E-state index in [1.54, 1.807) is 6.92 Å². The second kappa shape index (κ2) is 3.41. The van der Waals surface area contributed by atoms with Crippen LogP contribution in [0.2, 0.25) is 0 Å². The van der Waals surface area contributed by atoms with Crippen molar-refractivity contribution in [3.8, 4) is 0 Å². The average molecular weight is 261 g/mol. The molecule has 0 radical (unpaired) electrons. The molecule has 0 aromatic heterocycles. The molecular weight excluding hydrogens is 252 g/mol. The van der Waals surface area contributed by atoms with Gasteiger partial charge in [-0.25, -0.2) is 4.79 Å². The van der Waals surface area contributed by atoms with Crippen LogP contribution >= 0.6 is 34.8 Å². The van der Waals surface area contributed by atoms with Crippen LogP contribution in [0.4, 0.5) is 4.79 Å². The lowest BCUT2D eigenvalue weighted by Gasteiger charge is -2.38. The van der Waals surface area contributed by atoms with Crippen LogP contribution in [0.5, 0.6) is 0 Å². The van der Waals surface area contributed by atoms with Crippen LogP contribution in [0, 0.1) is 5.92 Å². The van der Waals surface area contributed by atoms with Crippen molar-refractivity contribution in [2.75, 3.05) is 0 Å². The molecule has 3 N–H and O–H groups in total. The zero-order valence-electron chi connectivity index (χ0n) is 7.12. The lowest BCUT2D eigenvalue weighted by atomic mass is 10.0. The zero-order valence-corrected chi connectivity index (χ0v) is 9.38. The minimum Gasteiger partial charge on any atom is -0.365 e. The van der Waals surface area contributed by atoms with Crippen molar-refractivity contribution in [1.29, 1.82) is 0 Å². The van der Waals surface area contributed by atoms with Crippen molar-refractivity contribution in [1.82, 2.24) is 5.01 Å². The first-order valence-corrected chi connectivity index (χ1v) is 4.77. The summed E-state index contributed by atoms with van der Waals surface area (Å²) >= 11 is 16.7. The van der Waals surface area contributed by atoms with Crippen molar-refractivity contribution in [2.24, 2.45) is 16.8 Å². The first-order valence-electron chi connectivity index (χ1n) is 3.64. The SMILES string of the molecule is CC1C=NN(C(N)=O)C1(O)C(Cl)(Cl)Cl. The molecule has 1 aliphatic rings. The standard InChI is InChI=1S/C6H8Cl3N3O2/c1-3-2-11-12(4(10)13)5(3,14)6(7,8)9/h2-3,14H,1H3,(H2,10,13). The molecule has 0 saturated heterocycles. The number of hydrogen-bond acceptors (Lipinski definition) is 3. The van der Waals surface area contributed by atoms with E-state index in [2.05, 4.69) is 5.10 Å². The second-order valence-corrected chi connectivity index (χ2v) is 5.21. The fraction of sp³-hybridized carbons (Fsp3) is 0.667. The van der Waals surface area contributed by atoms with Gasteiger partial charge < -0.3 is 10.8 Å². The van der Waals surface area contributed by atoms with Gasteiger partial charge in [0.1, 0.15) is 0 Å². The molecule has 0 bridgehead atoms. The molecule has 0 saturated carbocycles. The van der Waals surface area contributed by atoms with Gasteiger partial charge in [-0.2, -0.15) is 10.1 Å². The number of halogens is 3. The van der Waals surface area contributed by atoms with E-state index in [-0.39, 0.29) is 0 Å². The van der Waals surface area contributed by atoms with Gasteiger partial charge in [-0.05, 0) is 0 Å². The number of carbonyl (C=O) groups is 1. The highest BCUT2D eigenvalue weighted by Gasteiger charge is 2.59. The van der Waals surface area contributed by atoms with Gasteiger partial charge in [0.05, 0.1) is 0 Å². The van der Waals surface area contributed by atoms with Crippen LogP contribution in [-0.4, -0.2) is 31.9 Å². The average Bonchev–Trinajstić information content (AvgIpc) is 2.28. The Morgan fingerprint density at radius 3 is 2.50 bits per heavy atom. The molecule has 2 amide bonds. The fourth-order valence-corrected chi connectivity index (χ4v) is 1.91. The number of urea groups is 1. The van der Waals surface area contributed by atoms with Crippen LogP contribution in [0.1, 0.15) is 6.92 Å². The summed E-state index contributed by atoms with van der Waals surface area (Å²) in [5.74, 6) is -0.623. The Morgan fingerprint density at radius 2 is 2.21 bits per heavy atom. The monoisotopic (exact) mass is 259 g/mol. The van der Waals surface area contributed by atoms with Crippen molar-refractivity contribution in [2.45, 2.75) is 16.4 Å². The van der Waals surface area contributed by atoms with Crippen LogP contribution in [0.15, 0.2) is 5.10 Å². The van der Waals surface area contributed by atoms with Crippen LogP contribution in [0.3, 0.4) is 0 Å². The summed E-state index contributed by atoms with van der Waals surface area (Å²) < 4.78 is -2.09. The highest BCUT2D eigenvalue weighted by molar-refractivity contribution is 6.68. The van der Waals surface area contributed by atoms with Gasteiger partial charge >= 0.3 is 6.03 Å². The van der Waals surface area contributed by atoms with E-state index in [1.165, 1.54) is 6.21 Å². The Bertz CT molecular complexity index is 291. The van der Waals surface area contributed by atoms with Crippen LogP contribution in [-0.2, 0) is 0 Å². The van der Waals surface area contributed by atoms with Crippen molar-refractivity contribution in [3.63, 3.8) is 0 Å². The van der Waals surface area contributed by atoms with E-state index in [9.17, 15) is 9.90 Å². The molecule has 1 rings (SSSR count). The summed E-state index contributed by atoms with van der Waals surface area (Å²) in [6.07, 6.45) is 1.28. The van der Waals surface area contributed by atoms with Gasteiger partial charge in [0.2, 0.25) is 9.52 Å². The molecule has 0 aromatic carbocycles. The first-order chi connectivity index (χ1) is 6.21. The Labute approximate surface area is 95.4 Å². The minimum absolute atomic E-state index is 0.560. The number of primary amides is 1. The Hall–Kier alpha value is -0.230. The molecule has 2 atom stereocenters. The lowest BCUT2D eigenvalue weighted by molar-refractivity contribution is -0.0837. The number of aliphatic hydroxyl groups is 1. The molecule has 0 fully saturated rings. The summed E-state index contributed by atoms with van der Waals surface area (Å²) in [5.41, 5.74) is 2.93. The summed E-state index contributed by atoms with van der Waals surface area (Å²) in [4.78, 5) is 10.9. The molecule has 8 heteroatoms. The highest BCUT2D eigenvalue weighted by Crippen LogP contribution is 2.46. The Balaban J connectivity index is 3.12. The minimum atomic E-state index is -2.09. The van der Waals surface area contributed by atoms with Gasteiger partial charge in [0, 0.05) is 12.1 Å². The maximum atomic E-state index is 10.9. The summed E-state index contributed by atoms with van der Waals surface area (Å²) in [7, 11) is 0. The van der Waals surface area contributed by atoms with Gasteiger partial charge in [0.25, 0.3) is 0 Å². The fourth-order valence-electron chi connectivity index (χ4n) is 1.15. The molecule has 1 heterocycles. The Kier molecular flexibility index (Phi) is 2.89. The van der Waals surface area contributed by atoms with Crippen molar-refractivity contribution in [3.05, 3.63) is 0 Å². The van der Waals surface area contributed by atoms with Gasteiger partial charge in [-0.3, -0.25) is 0 Å². The quantitative estimate of drug-likeness (QED) is 0.639. The molecule has 80 valence electrons. The number of nitrogens with two attached hydrogens (primary N) is 1. The van der Waals surface area contributed by atoms with E-state index >= 15 is 0 Å². The van der Waals surface area contributed by atoms with Gasteiger partial charge in [-0.15, -0.1) is 0 Å². The predicted octanol–water partition coefficient (Wildman–Crippen LogP) is 1.06. The van der Waals surface area contributed by atoms with Gasteiger partial charge in [-0.1, -0.05) is 41.7 Å². The molecule has 0 aromatic rings. The summed E-state index contributed by atoms with van der Waals surface area (Å²) in [6.45, 7) is 1.55. The van der Waals surface area contributed by atoms with Crippen LogP contribution in [0.25, 0.3) is 0 Å². The largest absolute Gasteiger partial charge is 0.365 e. The number of alkyl halides is 3. The molecule has 1 aliphatic heterocycles. The first kappa shape index (κ1) is 11.8. The molecular formula is C6H8Cl3N3O2.